The summed E-state index contributed by atoms with van der Waals surface area (Å²) in [5.41, 5.74) is 3.64. The molecule has 5 saturated carbocycles. The van der Waals surface area contributed by atoms with E-state index in [4.69, 9.17) is 4.42 Å². The fourth-order valence-corrected chi connectivity index (χ4v) is 9.31. The molecule has 3 aromatic rings. The van der Waals surface area contributed by atoms with Crippen LogP contribution in [0.3, 0.4) is 0 Å². The maximum Gasteiger partial charge on any atom is 0.240 e. The van der Waals surface area contributed by atoms with Gasteiger partial charge in [-0.05, 0) is 104 Å². The number of hydrogen-bond donors (Lipinski definition) is 2. The monoisotopic (exact) mass is 527 g/mol. The fourth-order valence-electron chi connectivity index (χ4n) is 9.31. The smallest absolute Gasteiger partial charge is 0.240 e. The van der Waals surface area contributed by atoms with Crippen molar-refractivity contribution in [1.82, 2.24) is 15.2 Å². The van der Waals surface area contributed by atoms with E-state index in [-0.39, 0.29) is 35.2 Å². The molecule has 6 heteroatoms. The number of benzene rings is 1. The van der Waals surface area contributed by atoms with Gasteiger partial charge in [-0.25, -0.2) is 0 Å². The lowest BCUT2D eigenvalue weighted by molar-refractivity contribution is -0.139. The summed E-state index contributed by atoms with van der Waals surface area (Å²) in [6.45, 7) is 7.09. The highest BCUT2D eigenvalue weighted by Gasteiger charge is 2.60. The normalized spacial score (nSPS) is 31.9. The zero-order valence-electron chi connectivity index (χ0n) is 23.5. The number of aromatic nitrogens is 1. The van der Waals surface area contributed by atoms with E-state index in [0.29, 0.717) is 24.6 Å². The Morgan fingerprint density at radius 3 is 2.38 bits per heavy atom. The standard InChI is InChI=1S/C33H41N3O3/c1-20-30(25-8-4-5-9-27(25)34-20)31-26(32(31,2)3)14-29(38)36(18-24-7-6-10-39-24)19-28(37)35-33-15-21-11-22(16-33)13-23(12-21)17-33/h4-10,21-23,26,31,34H,11-19H2,1-3H3,(H,35,37). The molecule has 6 nitrogen and oxygen atoms in total. The highest BCUT2D eigenvalue weighted by molar-refractivity contribution is 5.88. The summed E-state index contributed by atoms with van der Waals surface area (Å²) >= 11 is 0. The number of para-hydroxylation sites is 1. The number of H-pyrrole nitrogens is 1. The Kier molecular flexibility index (Phi) is 5.77. The highest BCUT2D eigenvalue weighted by Crippen LogP contribution is 2.67. The van der Waals surface area contributed by atoms with Crippen LogP contribution in [-0.2, 0) is 16.1 Å². The zero-order valence-corrected chi connectivity index (χ0v) is 23.5. The molecule has 39 heavy (non-hydrogen) atoms. The van der Waals surface area contributed by atoms with Crippen molar-refractivity contribution >= 4 is 22.7 Å². The van der Waals surface area contributed by atoms with Crippen LogP contribution >= 0.6 is 0 Å². The van der Waals surface area contributed by atoms with Crippen LogP contribution < -0.4 is 5.32 Å². The molecule has 0 aliphatic heterocycles. The second-order valence-electron chi connectivity index (χ2n) is 13.9. The summed E-state index contributed by atoms with van der Waals surface area (Å²) in [5.74, 6) is 3.56. The topological polar surface area (TPSA) is 78.3 Å². The first-order valence-electron chi connectivity index (χ1n) is 14.9. The van der Waals surface area contributed by atoms with Crippen LogP contribution in [0.4, 0.5) is 0 Å². The van der Waals surface area contributed by atoms with Crippen molar-refractivity contribution in [2.24, 2.45) is 29.1 Å². The van der Waals surface area contributed by atoms with E-state index in [1.54, 1.807) is 11.2 Å². The Balaban J connectivity index is 1.08. The minimum Gasteiger partial charge on any atom is -0.467 e. The Labute approximate surface area is 230 Å². The molecule has 2 unspecified atom stereocenters. The lowest BCUT2D eigenvalue weighted by Gasteiger charge is -2.57. The number of nitrogens with zero attached hydrogens (tertiary/aromatic N) is 1. The quantitative estimate of drug-likeness (QED) is 0.360. The number of carbonyl (C=O) groups is 2. The molecular formula is C33H41N3O3. The lowest BCUT2D eigenvalue weighted by atomic mass is 9.53. The second-order valence-corrected chi connectivity index (χ2v) is 13.9. The number of aryl methyl sites for hydroxylation is 1. The van der Waals surface area contributed by atoms with Gasteiger partial charge in [0.1, 0.15) is 12.3 Å². The van der Waals surface area contributed by atoms with Crippen molar-refractivity contribution in [2.45, 2.75) is 83.7 Å². The van der Waals surface area contributed by atoms with Crippen LogP contribution in [-0.4, -0.2) is 33.8 Å². The first kappa shape index (κ1) is 25.0. The average Bonchev–Trinajstić information content (AvgIpc) is 3.24. The number of amides is 2. The number of rotatable bonds is 8. The second kappa shape index (κ2) is 9.00. The first-order chi connectivity index (χ1) is 18.7. The molecule has 8 rings (SSSR count). The van der Waals surface area contributed by atoms with Crippen molar-refractivity contribution in [3.05, 3.63) is 59.7 Å². The molecule has 0 spiro atoms. The van der Waals surface area contributed by atoms with E-state index in [0.717, 1.165) is 42.5 Å². The van der Waals surface area contributed by atoms with Crippen LogP contribution in [0.5, 0.6) is 0 Å². The molecule has 2 atom stereocenters. The van der Waals surface area contributed by atoms with Crippen molar-refractivity contribution in [3.8, 4) is 0 Å². The van der Waals surface area contributed by atoms with Gasteiger partial charge in [-0.3, -0.25) is 9.59 Å². The fraction of sp³-hybridized carbons (Fsp3) is 0.576. The van der Waals surface area contributed by atoms with Gasteiger partial charge in [-0.1, -0.05) is 32.0 Å². The SMILES string of the molecule is Cc1[nH]c2ccccc2c1C1C(CC(=O)N(CC(=O)NC23CC4CC(CC(C4)C2)C3)Cc2ccco2)C1(C)C. The minimum atomic E-state index is -0.0539. The van der Waals surface area contributed by atoms with Gasteiger partial charge in [-0.2, -0.15) is 0 Å². The Morgan fingerprint density at radius 1 is 1.03 bits per heavy atom. The minimum absolute atomic E-state index is 0.0171. The molecule has 5 aliphatic carbocycles. The van der Waals surface area contributed by atoms with Crippen molar-refractivity contribution in [2.75, 3.05) is 6.54 Å². The Morgan fingerprint density at radius 2 is 1.72 bits per heavy atom. The van der Waals surface area contributed by atoms with E-state index in [1.165, 1.54) is 35.9 Å². The molecule has 5 fully saturated rings. The molecule has 2 amide bonds. The van der Waals surface area contributed by atoms with Crippen LogP contribution in [0.25, 0.3) is 10.9 Å². The molecule has 2 aromatic heterocycles. The maximum atomic E-state index is 13.9. The third kappa shape index (κ3) is 4.40. The summed E-state index contributed by atoms with van der Waals surface area (Å²) in [6.07, 6.45) is 9.41. The molecule has 2 N–H and O–H groups in total. The van der Waals surface area contributed by atoms with Crippen molar-refractivity contribution in [1.29, 1.82) is 0 Å². The predicted molar refractivity (Wildman–Crippen MR) is 151 cm³/mol. The van der Waals surface area contributed by atoms with Crippen molar-refractivity contribution in [3.63, 3.8) is 0 Å². The highest BCUT2D eigenvalue weighted by atomic mass is 16.3. The summed E-state index contributed by atoms with van der Waals surface area (Å²) in [7, 11) is 0. The number of nitrogens with one attached hydrogen (secondary N) is 2. The predicted octanol–water partition coefficient (Wildman–Crippen LogP) is 6.31. The molecular weight excluding hydrogens is 486 g/mol. The van der Waals surface area contributed by atoms with Gasteiger partial charge >= 0.3 is 0 Å². The average molecular weight is 528 g/mol. The zero-order chi connectivity index (χ0) is 26.9. The molecule has 5 aliphatic rings. The van der Waals surface area contributed by atoms with Gasteiger partial charge in [0.25, 0.3) is 0 Å². The van der Waals surface area contributed by atoms with E-state index >= 15 is 0 Å². The number of carbonyl (C=O) groups excluding carboxylic acids is 2. The summed E-state index contributed by atoms with van der Waals surface area (Å²) in [4.78, 5) is 32.6. The summed E-state index contributed by atoms with van der Waals surface area (Å²) in [6, 6.07) is 12.2. The van der Waals surface area contributed by atoms with Crippen LogP contribution in [0, 0.1) is 36.0 Å². The lowest BCUT2D eigenvalue weighted by Crippen LogP contribution is -2.61. The largest absolute Gasteiger partial charge is 0.467 e. The number of hydrogen-bond acceptors (Lipinski definition) is 3. The molecule has 1 aromatic carbocycles. The van der Waals surface area contributed by atoms with E-state index in [9.17, 15) is 9.59 Å². The van der Waals surface area contributed by atoms with E-state index < -0.39 is 0 Å². The van der Waals surface area contributed by atoms with Crippen LogP contribution in [0.15, 0.2) is 47.1 Å². The Hall–Kier alpha value is -3.02. The van der Waals surface area contributed by atoms with Gasteiger partial charge in [-0.15, -0.1) is 0 Å². The van der Waals surface area contributed by atoms with Gasteiger partial charge < -0.3 is 19.6 Å². The third-order valence-electron chi connectivity index (χ3n) is 10.8. The summed E-state index contributed by atoms with van der Waals surface area (Å²) in [5, 5.41) is 4.72. The molecule has 206 valence electrons. The van der Waals surface area contributed by atoms with Crippen LogP contribution in [0.2, 0.25) is 0 Å². The van der Waals surface area contributed by atoms with E-state index in [1.807, 2.05) is 12.1 Å². The van der Waals surface area contributed by atoms with Gasteiger partial charge in [0, 0.05) is 28.6 Å². The van der Waals surface area contributed by atoms with Gasteiger partial charge in [0.15, 0.2) is 0 Å². The van der Waals surface area contributed by atoms with Gasteiger partial charge in [0.05, 0.1) is 12.8 Å². The number of fused-ring (bicyclic) bond motifs is 1. The Bertz CT molecular complexity index is 1370. The summed E-state index contributed by atoms with van der Waals surface area (Å²) < 4.78 is 5.61. The first-order valence-corrected chi connectivity index (χ1v) is 14.9. The number of aromatic amines is 1. The van der Waals surface area contributed by atoms with Crippen molar-refractivity contribution < 1.29 is 14.0 Å². The third-order valence-corrected chi connectivity index (χ3v) is 10.8. The molecule has 4 bridgehead atoms. The molecule has 0 radical (unpaired) electrons. The maximum absolute atomic E-state index is 13.9. The van der Waals surface area contributed by atoms with Gasteiger partial charge in [0.2, 0.25) is 11.8 Å². The van der Waals surface area contributed by atoms with E-state index in [2.05, 4.69) is 55.3 Å². The number of furan rings is 1. The molecule has 2 heterocycles. The van der Waals surface area contributed by atoms with Crippen LogP contribution in [0.1, 0.15) is 81.7 Å². The molecule has 0 saturated heterocycles.